The third kappa shape index (κ3) is 2.40. The average molecular weight is 309 g/mol. The van der Waals surface area contributed by atoms with Crippen molar-refractivity contribution in [3.05, 3.63) is 34.6 Å². The maximum Gasteiger partial charge on any atom is 0.240 e. The highest BCUT2D eigenvalue weighted by molar-refractivity contribution is 6.30. The summed E-state index contributed by atoms with van der Waals surface area (Å²) in [5, 5.41) is 8.89. The lowest BCUT2D eigenvalue weighted by atomic mass is 9.92. The molecule has 2 aromatic rings. The molecule has 3 heterocycles. The Balaban J connectivity index is 2.25. The van der Waals surface area contributed by atoms with E-state index in [0.29, 0.717) is 28.4 Å². The van der Waals surface area contributed by atoms with Crippen LogP contribution in [0.25, 0.3) is 5.52 Å². The van der Waals surface area contributed by atoms with E-state index in [9.17, 15) is 9.18 Å². The van der Waals surface area contributed by atoms with Gasteiger partial charge in [-0.3, -0.25) is 4.79 Å². The molecular formula is C14H14ClFN4O. The van der Waals surface area contributed by atoms with Gasteiger partial charge in [0.15, 0.2) is 0 Å². The molecule has 1 aliphatic rings. The van der Waals surface area contributed by atoms with Gasteiger partial charge in [0.25, 0.3) is 0 Å². The minimum atomic E-state index is -1.24. The molecule has 21 heavy (non-hydrogen) atoms. The number of hydrazone groups is 1. The molecule has 5 nitrogen and oxygen atoms in total. The van der Waals surface area contributed by atoms with Crippen LogP contribution in [0.1, 0.15) is 37.7 Å². The number of carbonyl (C=O) groups excluding carboxylic acids is 1. The highest BCUT2D eigenvalue weighted by atomic mass is 35.5. The molecule has 0 saturated heterocycles. The first kappa shape index (κ1) is 14.0. The summed E-state index contributed by atoms with van der Waals surface area (Å²) in [6, 6.07) is 3.50. The first-order valence-corrected chi connectivity index (χ1v) is 7.04. The van der Waals surface area contributed by atoms with Gasteiger partial charge in [0.1, 0.15) is 11.9 Å². The van der Waals surface area contributed by atoms with Crippen LogP contribution in [-0.2, 0) is 4.79 Å². The second kappa shape index (κ2) is 5.11. The number of halogens is 2. The Morgan fingerprint density at radius 3 is 2.95 bits per heavy atom. The van der Waals surface area contributed by atoms with Crippen molar-refractivity contribution < 1.29 is 9.18 Å². The van der Waals surface area contributed by atoms with E-state index >= 15 is 0 Å². The van der Waals surface area contributed by atoms with Crippen LogP contribution in [-0.4, -0.2) is 21.2 Å². The molecule has 1 N–H and O–H groups in total. The number of nitrogens with zero attached hydrogens (tertiary/aromatic N) is 3. The Bertz CT molecular complexity index is 753. The van der Waals surface area contributed by atoms with Gasteiger partial charge in [0, 0.05) is 18.5 Å². The van der Waals surface area contributed by atoms with Crippen LogP contribution < -0.4 is 5.43 Å². The fourth-order valence-electron chi connectivity index (χ4n) is 2.54. The molecule has 0 radical (unpaired) electrons. The lowest BCUT2D eigenvalue weighted by Crippen LogP contribution is -2.32. The topological polar surface area (TPSA) is 58.8 Å². The van der Waals surface area contributed by atoms with E-state index in [-0.39, 0.29) is 11.8 Å². The number of rotatable bonds is 2. The van der Waals surface area contributed by atoms with Crippen molar-refractivity contribution in [1.29, 1.82) is 0 Å². The molecule has 110 valence electrons. The number of hydrogen-bond donors (Lipinski definition) is 1. The molecule has 1 aliphatic heterocycles. The van der Waals surface area contributed by atoms with Crippen LogP contribution in [0.2, 0.25) is 5.02 Å². The smallest absolute Gasteiger partial charge is 0.240 e. The zero-order valence-corrected chi connectivity index (χ0v) is 12.4. The van der Waals surface area contributed by atoms with Crippen molar-refractivity contribution >= 4 is 28.7 Å². The second-order valence-corrected chi connectivity index (χ2v) is 5.63. The number of hydrogen-bond acceptors (Lipinski definition) is 3. The number of alkyl halides is 1. The number of aromatic nitrogens is 2. The highest BCUT2D eigenvalue weighted by Gasteiger charge is 2.29. The summed E-state index contributed by atoms with van der Waals surface area (Å²) in [4.78, 5) is 11.4. The summed E-state index contributed by atoms with van der Waals surface area (Å²) in [7, 11) is 0. The average Bonchev–Trinajstić information content (AvgIpc) is 2.77. The second-order valence-electron chi connectivity index (χ2n) is 5.19. The maximum absolute atomic E-state index is 13.9. The SMILES string of the molecule is CC1CC(=O)NN=C1c1c(C(C)F)nn2cc(Cl)ccc12. The van der Waals surface area contributed by atoms with Gasteiger partial charge >= 0.3 is 0 Å². The van der Waals surface area contributed by atoms with Gasteiger partial charge in [0.05, 0.1) is 21.8 Å². The van der Waals surface area contributed by atoms with Crippen molar-refractivity contribution in [2.45, 2.75) is 26.4 Å². The van der Waals surface area contributed by atoms with E-state index in [4.69, 9.17) is 11.6 Å². The summed E-state index contributed by atoms with van der Waals surface area (Å²) in [6.45, 7) is 3.32. The van der Waals surface area contributed by atoms with Crippen LogP contribution in [0.15, 0.2) is 23.4 Å². The van der Waals surface area contributed by atoms with Gasteiger partial charge in [-0.2, -0.15) is 10.2 Å². The van der Waals surface area contributed by atoms with Gasteiger partial charge in [-0.15, -0.1) is 0 Å². The van der Waals surface area contributed by atoms with Crippen molar-refractivity contribution in [2.75, 3.05) is 0 Å². The predicted molar refractivity (Wildman–Crippen MR) is 78.2 cm³/mol. The molecule has 2 unspecified atom stereocenters. The van der Waals surface area contributed by atoms with E-state index in [1.807, 2.05) is 6.92 Å². The quantitative estimate of drug-likeness (QED) is 0.927. The fraction of sp³-hybridized carbons (Fsp3) is 0.357. The van der Waals surface area contributed by atoms with Crippen LogP contribution in [0.5, 0.6) is 0 Å². The molecule has 0 saturated carbocycles. The van der Waals surface area contributed by atoms with Gasteiger partial charge in [-0.25, -0.2) is 14.3 Å². The van der Waals surface area contributed by atoms with Crippen LogP contribution in [0.4, 0.5) is 4.39 Å². The first-order valence-electron chi connectivity index (χ1n) is 6.66. The molecule has 0 fully saturated rings. The number of nitrogens with one attached hydrogen (secondary N) is 1. The van der Waals surface area contributed by atoms with Gasteiger partial charge in [-0.1, -0.05) is 18.5 Å². The molecule has 2 aromatic heterocycles. The summed E-state index contributed by atoms with van der Waals surface area (Å²) in [5.41, 5.74) is 4.76. The fourth-order valence-corrected chi connectivity index (χ4v) is 2.69. The lowest BCUT2D eigenvalue weighted by molar-refractivity contribution is -0.121. The van der Waals surface area contributed by atoms with E-state index in [1.165, 1.54) is 6.92 Å². The summed E-state index contributed by atoms with van der Waals surface area (Å²) in [6.07, 6.45) is 0.703. The molecule has 2 atom stereocenters. The largest absolute Gasteiger partial charge is 0.273 e. The number of amides is 1. The van der Waals surface area contributed by atoms with Gasteiger partial charge < -0.3 is 0 Å². The Labute approximate surface area is 125 Å². The first-order chi connectivity index (χ1) is 9.97. The van der Waals surface area contributed by atoms with E-state index in [1.54, 1.807) is 22.8 Å². The standard InChI is InChI=1S/C14H14ClFN4O/c1-7-5-11(21)17-18-13(7)12-10-4-3-9(15)6-20(10)19-14(12)8(2)16/h3-4,6-8H,5H2,1-2H3,(H,17,21). The molecule has 7 heteroatoms. The maximum atomic E-state index is 13.9. The van der Waals surface area contributed by atoms with Gasteiger partial charge in [0.2, 0.25) is 5.91 Å². The number of carbonyl (C=O) groups is 1. The lowest BCUT2D eigenvalue weighted by Gasteiger charge is -2.19. The Hall–Kier alpha value is -1.95. The minimum absolute atomic E-state index is 0.0973. The highest BCUT2D eigenvalue weighted by Crippen LogP contribution is 2.29. The summed E-state index contributed by atoms with van der Waals surface area (Å²) >= 11 is 5.95. The molecule has 0 spiro atoms. The zero-order valence-electron chi connectivity index (χ0n) is 11.6. The molecule has 0 aliphatic carbocycles. The molecule has 1 amide bonds. The van der Waals surface area contributed by atoms with E-state index in [0.717, 1.165) is 5.52 Å². The Kier molecular flexibility index (Phi) is 3.41. The summed E-state index contributed by atoms with van der Waals surface area (Å²) < 4.78 is 15.5. The molecule has 0 bridgehead atoms. The minimum Gasteiger partial charge on any atom is -0.273 e. The third-order valence-electron chi connectivity index (χ3n) is 3.51. The molecular weight excluding hydrogens is 295 g/mol. The van der Waals surface area contributed by atoms with Gasteiger partial charge in [-0.05, 0) is 19.1 Å². The van der Waals surface area contributed by atoms with Crippen LogP contribution in [0.3, 0.4) is 0 Å². The Morgan fingerprint density at radius 2 is 2.29 bits per heavy atom. The van der Waals surface area contributed by atoms with E-state index < -0.39 is 6.17 Å². The van der Waals surface area contributed by atoms with Crippen LogP contribution >= 0.6 is 11.6 Å². The number of fused-ring (bicyclic) bond motifs is 1. The van der Waals surface area contributed by atoms with Crippen LogP contribution in [0, 0.1) is 5.92 Å². The van der Waals surface area contributed by atoms with E-state index in [2.05, 4.69) is 15.6 Å². The normalized spacial score (nSPS) is 20.3. The predicted octanol–water partition coefficient (Wildman–Crippen LogP) is 2.88. The van der Waals surface area contributed by atoms with Crippen molar-refractivity contribution in [1.82, 2.24) is 15.0 Å². The zero-order chi connectivity index (χ0) is 15.1. The van der Waals surface area contributed by atoms with Crippen molar-refractivity contribution in [3.8, 4) is 0 Å². The monoisotopic (exact) mass is 308 g/mol. The summed E-state index contributed by atoms with van der Waals surface area (Å²) in [5.74, 6) is -0.236. The van der Waals surface area contributed by atoms with Crippen molar-refractivity contribution in [2.24, 2.45) is 11.0 Å². The van der Waals surface area contributed by atoms with Crippen molar-refractivity contribution in [3.63, 3.8) is 0 Å². The third-order valence-corrected chi connectivity index (χ3v) is 3.74. The molecule has 0 aromatic carbocycles. The Morgan fingerprint density at radius 1 is 1.52 bits per heavy atom. The molecule has 3 rings (SSSR count). The number of pyridine rings is 1.